The SMILES string of the molecule is Cc1ccc(C(C)NCCC2=CCCC2)cc1[N+](=O)[O-]. The van der Waals surface area contributed by atoms with Crippen molar-refractivity contribution in [1.82, 2.24) is 5.32 Å². The van der Waals surface area contributed by atoms with Crippen molar-refractivity contribution in [2.45, 2.75) is 45.6 Å². The van der Waals surface area contributed by atoms with Gasteiger partial charge in [0, 0.05) is 17.7 Å². The van der Waals surface area contributed by atoms with E-state index in [1.165, 1.54) is 19.3 Å². The summed E-state index contributed by atoms with van der Waals surface area (Å²) in [5.41, 5.74) is 3.43. The van der Waals surface area contributed by atoms with Crippen LogP contribution in [0, 0.1) is 17.0 Å². The molecular weight excluding hydrogens is 252 g/mol. The molecule has 1 atom stereocenters. The smallest absolute Gasteiger partial charge is 0.272 e. The van der Waals surface area contributed by atoms with Crippen molar-refractivity contribution < 1.29 is 4.92 Å². The van der Waals surface area contributed by atoms with Crippen molar-refractivity contribution >= 4 is 5.69 Å². The zero-order chi connectivity index (χ0) is 14.5. The number of nitrogens with one attached hydrogen (secondary N) is 1. The molecule has 0 aromatic heterocycles. The Morgan fingerprint density at radius 3 is 2.90 bits per heavy atom. The minimum atomic E-state index is -0.311. The topological polar surface area (TPSA) is 55.2 Å². The molecule has 0 bridgehead atoms. The molecule has 1 aliphatic carbocycles. The van der Waals surface area contributed by atoms with Gasteiger partial charge >= 0.3 is 0 Å². The second-order valence-corrected chi connectivity index (χ2v) is 5.48. The number of nitro groups is 1. The Labute approximate surface area is 120 Å². The first kappa shape index (κ1) is 14.7. The largest absolute Gasteiger partial charge is 0.310 e. The summed E-state index contributed by atoms with van der Waals surface area (Å²) in [5.74, 6) is 0. The minimum absolute atomic E-state index is 0.135. The van der Waals surface area contributed by atoms with E-state index in [0.717, 1.165) is 18.5 Å². The van der Waals surface area contributed by atoms with Gasteiger partial charge in [-0.1, -0.05) is 23.8 Å². The molecule has 2 rings (SSSR count). The second-order valence-electron chi connectivity index (χ2n) is 5.48. The van der Waals surface area contributed by atoms with Gasteiger partial charge in [0.2, 0.25) is 0 Å². The summed E-state index contributed by atoms with van der Waals surface area (Å²) < 4.78 is 0. The number of rotatable bonds is 6. The van der Waals surface area contributed by atoms with E-state index in [1.807, 2.05) is 12.1 Å². The van der Waals surface area contributed by atoms with Crippen LogP contribution in [0.5, 0.6) is 0 Å². The molecule has 0 heterocycles. The summed E-state index contributed by atoms with van der Waals surface area (Å²) in [6, 6.07) is 5.61. The van der Waals surface area contributed by atoms with Crippen molar-refractivity contribution in [2.24, 2.45) is 0 Å². The standard InChI is InChI=1S/C16H22N2O2/c1-12-7-8-15(11-16(12)18(19)20)13(2)17-10-9-14-5-3-4-6-14/h5,7-8,11,13,17H,3-4,6,9-10H2,1-2H3. The molecule has 0 radical (unpaired) electrons. The van der Waals surface area contributed by atoms with E-state index in [-0.39, 0.29) is 16.7 Å². The van der Waals surface area contributed by atoms with Gasteiger partial charge in [-0.3, -0.25) is 10.1 Å². The highest BCUT2D eigenvalue weighted by atomic mass is 16.6. The van der Waals surface area contributed by atoms with Gasteiger partial charge in [-0.2, -0.15) is 0 Å². The third-order valence-corrected chi connectivity index (χ3v) is 3.96. The van der Waals surface area contributed by atoms with E-state index in [0.29, 0.717) is 5.56 Å². The molecule has 20 heavy (non-hydrogen) atoms. The lowest BCUT2D eigenvalue weighted by Gasteiger charge is -2.15. The first-order valence-corrected chi connectivity index (χ1v) is 7.24. The Balaban J connectivity index is 1.93. The van der Waals surface area contributed by atoms with Crippen molar-refractivity contribution in [3.63, 3.8) is 0 Å². The molecule has 1 aliphatic rings. The van der Waals surface area contributed by atoms with Crippen LogP contribution in [-0.4, -0.2) is 11.5 Å². The van der Waals surface area contributed by atoms with Gasteiger partial charge in [0.1, 0.15) is 0 Å². The van der Waals surface area contributed by atoms with Crippen molar-refractivity contribution in [1.29, 1.82) is 0 Å². The number of benzene rings is 1. The van der Waals surface area contributed by atoms with Gasteiger partial charge in [-0.15, -0.1) is 0 Å². The van der Waals surface area contributed by atoms with Crippen LogP contribution in [0.25, 0.3) is 0 Å². The highest BCUT2D eigenvalue weighted by molar-refractivity contribution is 5.43. The maximum Gasteiger partial charge on any atom is 0.272 e. The molecule has 4 nitrogen and oxygen atoms in total. The molecule has 0 saturated heterocycles. The lowest BCUT2D eigenvalue weighted by Crippen LogP contribution is -2.20. The first-order valence-electron chi connectivity index (χ1n) is 7.24. The Morgan fingerprint density at radius 1 is 1.45 bits per heavy atom. The van der Waals surface area contributed by atoms with Crippen LogP contribution in [0.4, 0.5) is 5.69 Å². The summed E-state index contributed by atoms with van der Waals surface area (Å²) in [4.78, 5) is 10.7. The van der Waals surface area contributed by atoms with Crippen LogP contribution < -0.4 is 5.32 Å². The molecule has 1 aromatic carbocycles. The summed E-state index contributed by atoms with van der Waals surface area (Å²) in [7, 11) is 0. The summed E-state index contributed by atoms with van der Waals surface area (Å²) in [5, 5.41) is 14.4. The van der Waals surface area contributed by atoms with Gasteiger partial charge in [-0.05, 0) is 51.6 Å². The zero-order valence-electron chi connectivity index (χ0n) is 12.2. The fourth-order valence-electron chi connectivity index (χ4n) is 2.62. The lowest BCUT2D eigenvalue weighted by molar-refractivity contribution is -0.385. The fourth-order valence-corrected chi connectivity index (χ4v) is 2.62. The summed E-state index contributed by atoms with van der Waals surface area (Å²) >= 11 is 0. The average molecular weight is 274 g/mol. The first-order chi connectivity index (χ1) is 9.58. The minimum Gasteiger partial charge on any atom is -0.310 e. The zero-order valence-corrected chi connectivity index (χ0v) is 12.2. The lowest BCUT2D eigenvalue weighted by atomic mass is 10.0. The van der Waals surface area contributed by atoms with Gasteiger partial charge in [0.05, 0.1) is 4.92 Å². The number of aryl methyl sites for hydroxylation is 1. The van der Waals surface area contributed by atoms with Gasteiger partial charge in [0.25, 0.3) is 5.69 Å². The van der Waals surface area contributed by atoms with E-state index in [4.69, 9.17) is 0 Å². The van der Waals surface area contributed by atoms with E-state index in [9.17, 15) is 10.1 Å². The number of hydrogen-bond donors (Lipinski definition) is 1. The van der Waals surface area contributed by atoms with Crippen molar-refractivity contribution in [2.75, 3.05) is 6.54 Å². The van der Waals surface area contributed by atoms with Crippen LogP contribution >= 0.6 is 0 Å². The number of nitrogens with zero attached hydrogens (tertiary/aromatic N) is 1. The molecule has 0 spiro atoms. The maximum absolute atomic E-state index is 11.0. The molecule has 1 unspecified atom stereocenters. The molecule has 0 saturated carbocycles. The predicted molar refractivity (Wildman–Crippen MR) is 80.8 cm³/mol. The van der Waals surface area contributed by atoms with E-state index < -0.39 is 0 Å². The van der Waals surface area contributed by atoms with Gasteiger partial charge < -0.3 is 5.32 Å². The molecule has 108 valence electrons. The molecule has 0 aliphatic heterocycles. The molecule has 4 heteroatoms. The quantitative estimate of drug-likeness (QED) is 0.483. The molecule has 1 N–H and O–H groups in total. The molecular formula is C16H22N2O2. The second kappa shape index (κ2) is 6.66. The molecule has 0 fully saturated rings. The summed E-state index contributed by atoms with van der Waals surface area (Å²) in [6.45, 7) is 4.75. The van der Waals surface area contributed by atoms with Crippen LogP contribution in [0.2, 0.25) is 0 Å². The number of nitro benzene ring substituents is 1. The number of allylic oxidation sites excluding steroid dienone is 1. The Hall–Kier alpha value is -1.68. The van der Waals surface area contributed by atoms with Crippen LogP contribution in [-0.2, 0) is 0 Å². The monoisotopic (exact) mass is 274 g/mol. The van der Waals surface area contributed by atoms with Gasteiger partial charge in [0.15, 0.2) is 0 Å². The molecule has 0 amide bonds. The van der Waals surface area contributed by atoms with Crippen LogP contribution in [0.15, 0.2) is 29.8 Å². The van der Waals surface area contributed by atoms with E-state index in [1.54, 1.807) is 18.6 Å². The highest BCUT2D eigenvalue weighted by Gasteiger charge is 2.14. The fraction of sp³-hybridized carbons (Fsp3) is 0.500. The Bertz CT molecular complexity index is 523. The number of hydrogen-bond acceptors (Lipinski definition) is 3. The Kier molecular flexibility index (Phi) is 4.90. The normalized spacial score (nSPS) is 16.0. The Morgan fingerprint density at radius 2 is 2.25 bits per heavy atom. The molecule has 1 aromatic rings. The average Bonchev–Trinajstić information content (AvgIpc) is 2.92. The third-order valence-electron chi connectivity index (χ3n) is 3.96. The van der Waals surface area contributed by atoms with Crippen molar-refractivity contribution in [3.8, 4) is 0 Å². The predicted octanol–water partition coefficient (Wildman–Crippen LogP) is 4.05. The van der Waals surface area contributed by atoms with E-state index in [2.05, 4.69) is 18.3 Å². The third kappa shape index (κ3) is 3.67. The van der Waals surface area contributed by atoms with Crippen LogP contribution in [0.3, 0.4) is 0 Å². The maximum atomic E-state index is 11.0. The van der Waals surface area contributed by atoms with Crippen molar-refractivity contribution in [3.05, 3.63) is 51.1 Å². The summed E-state index contributed by atoms with van der Waals surface area (Å²) in [6.07, 6.45) is 7.15. The van der Waals surface area contributed by atoms with Crippen LogP contribution in [0.1, 0.15) is 49.8 Å². The van der Waals surface area contributed by atoms with Gasteiger partial charge in [-0.25, -0.2) is 0 Å². The highest BCUT2D eigenvalue weighted by Crippen LogP contribution is 2.24. The van der Waals surface area contributed by atoms with E-state index >= 15 is 0 Å².